The summed E-state index contributed by atoms with van der Waals surface area (Å²) in [6.45, 7) is 0. The molecule has 21 heavy (non-hydrogen) atoms. The summed E-state index contributed by atoms with van der Waals surface area (Å²) in [5, 5.41) is 11.3. The van der Waals surface area contributed by atoms with Crippen molar-refractivity contribution in [1.29, 1.82) is 0 Å². The van der Waals surface area contributed by atoms with Gasteiger partial charge in [0.25, 0.3) is 0 Å². The first-order chi connectivity index (χ1) is 10.1. The molecule has 0 aliphatic rings. The highest BCUT2D eigenvalue weighted by atomic mass is 32.2. The van der Waals surface area contributed by atoms with Crippen molar-refractivity contribution in [3.05, 3.63) is 66.7 Å². The Balaban J connectivity index is 2.02. The summed E-state index contributed by atoms with van der Waals surface area (Å²) < 4.78 is 29.4. The summed E-state index contributed by atoms with van der Waals surface area (Å²) in [5.41, 5.74) is 0. The zero-order valence-electron chi connectivity index (χ0n) is 10.9. The second kappa shape index (κ2) is 5.10. The highest BCUT2D eigenvalue weighted by molar-refractivity contribution is 7.87. The van der Waals surface area contributed by atoms with Gasteiger partial charge in [-0.1, -0.05) is 42.5 Å². The number of fused-ring (bicyclic) bond motifs is 1. The Morgan fingerprint density at radius 2 is 1.52 bits per heavy atom. The van der Waals surface area contributed by atoms with E-state index in [0.29, 0.717) is 10.8 Å². The summed E-state index contributed by atoms with van der Waals surface area (Å²) in [6.07, 6.45) is 0. The third kappa shape index (κ3) is 2.68. The lowest BCUT2D eigenvalue weighted by Gasteiger charge is -2.09. The molecule has 3 aromatic carbocycles. The van der Waals surface area contributed by atoms with Crippen LogP contribution in [0.1, 0.15) is 0 Å². The molecule has 0 saturated carbocycles. The molecule has 0 aliphatic carbocycles. The van der Waals surface area contributed by atoms with Crippen molar-refractivity contribution in [1.82, 2.24) is 0 Å². The maximum Gasteiger partial charge on any atom is 0.339 e. The van der Waals surface area contributed by atoms with Gasteiger partial charge in [0, 0.05) is 11.5 Å². The first-order valence-corrected chi connectivity index (χ1v) is 7.68. The van der Waals surface area contributed by atoms with E-state index >= 15 is 0 Å². The van der Waals surface area contributed by atoms with Gasteiger partial charge in [0.05, 0.1) is 0 Å². The zero-order chi connectivity index (χ0) is 14.9. The molecule has 0 aliphatic heterocycles. The molecule has 0 atom stereocenters. The van der Waals surface area contributed by atoms with Crippen molar-refractivity contribution in [2.45, 2.75) is 4.90 Å². The van der Waals surface area contributed by atoms with Crippen LogP contribution >= 0.6 is 0 Å². The van der Waals surface area contributed by atoms with E-state index in [1.807, 2.05) is 0 Å². The van der Waals surface area contributed by atoms with Crippen LogP contribution in [-0.2, 0) is 10.1 Å². The second-order valence-electron chi connectivity index (χ2n) is 4.51. The van der Waals surface area contributed by atoms with Crippen molar-refractivity contribution in [3.8, 4) is 11.5 Å². The van der Waals surface area contributed by atoms with Crippen LogP contribution in [0.2, 0.25) is 0 Å². The first-order valence-electron chi connectivity index (χ1n) is 6.27. The van der Waals surface area contributed by atoms with Crippen LogP contribution in [0, 0.1) is 0 Å². The van der Waals surface area contributed by atoms with E-state index in [1.165, 1.54) is 18.2 Å². The number of rotatable bonds is 3. The SMILES string of the molecule is O=S(=O)(Oc1cc(O)c2ccccc2c1)c1ccccc1. The topological polar surface area (TPSA) is 63.6 Å². The Bertz CT molecular complexity index is 887. The monoisotopic (exact) mass is 300 g/mol. The predicted octanol–water partition coefficient (Wildman–Crippen LogP) is 3.31. The maximum absolute atomic E-state index is 12.1. The molecule has 0 unspecified atom stereocenters. The van der Waals surface area contributed by atoms with Gasteiger partial charge in [0.15, 0.2) is 0 Å². The second-order valence-corrected chi connectivity index (χ2v) is 6.06. The highest BCUT2D eigenvalue weighted by Gasteiger charge is 2.17. The molecule has 0 heterocycles. The lowest BCUT2D eigenvalue weighted by Crippen LogP contribution is -2.09. The van der Waals surface area contributed by atoms with Crippen LogP contribution in [0.3, 0.4) is 0 Å². The van der Waals surface area contributed by atoms with Crippen molar-refractivity contribution in [2.75, 3.05) is 0 Å². The molecule has 1 N–H and O–H groups in total. The number of hydrogen-bond donors (Lipinski definition) is 1. The molecule has 0 bridgehead atoms. The number of phenolic OH excluding ortho intramolecular Hbond substituents is 1. The average molecular weight is 300 g/mol. The van der Waals surface area contributed by atoms with Crippen LogP contribution in [0.15, 0.2) is 71.6 Å². The highest BCUT2D eigenvalue weighted by Crippen LogP contribution is 2.31. The van der Waals surface area contributed by atoms with Gasteiger partial charge in [0.1, 0.15) is 16.4 Å². The lowest BCUT2D eigenvalue weighted by molar-refractivity contribution is 0.468. The average Bonchev–Trinajstić information content (AvgIpc) is 2.48. The molecular formula is C16H12O4S. The van der Waals surface area contributed by atoms with Gasteiger partial charge in [-0.15, -0.1) is 0 Å². The zero-order valence-corrected chi connectivity index (χ0v) is 11.7. The molecule has 5 heteroatoms. The summed E-state index contributed by atoms with van der Waals surface area (Å²) in [4.78, 5) is 0.0673. The maximum atomic E-state index is 12.1. The predicted molar refractivity (Wildman–Crippen MR) is 79.9 cm³/mol. The van der Waals surface area contributed by atoms with Gasteiger partial charge in [-0.05, 0) is 23.6 Å². The summed E-state index contributed by atoms with van der Waals surface area (Å²) in [7, 11) is -3.91. The summed E-state index contributed by atoms with van der Waals surface area (Å²) >= 11 is 0. The molecule has 3 rings (SSSR count). The Labute approximate surface area is 122 Å². The smallest absolute Gasteiger partial charge is 0.339 e. The van der Waals surface area contributed by atoms with Crippen LogP contribution in [-0.4, -0.2) is 13.5 Å². The van der Waals surface area contributed by atoms with Gasteiger partial charge in [-0.3, -0.25) is 0 Å². The molecular weight excluding hydrogens is 288 g/mol. The molecule has 0 radical (unpaired) electrons. The Hall–Kier alpha value is -2.53. The van der Waals surface area contributed by atoms with Crippen LogP contribution < -0.4 is 4.18 Å². The van der Waals surface area contributed by atoms with Crippen molar-refractivity contribution < 1.29 is 17.7 Å². The lowest BCUT2D eigenvalue weighted by atomic mass is 10.1. The minimum absolute atomic E-state index is 0.0219. The Morgan fingerprint density at radius 3 is 2.29 bits per heavy atom. The Morgan fingerprint density at radius 1 is 0.857 bits per heavy atom. The molecule has 0 fully saturated rings. The quantitative estimate of drug-likeness (QED) is 0.754. The number of benzene rings is 3. The number of hydrogen-bond acceptors (Lipinski definition) is 4. The standard InChI is InChI=1S/C16H12O4S/c17-16-11-13(10-12-6-4-5-9-15(12)16)20-21(18,19)14-7-2-1-3-8-14/h1-11,17H. The fourth-order valence-electron chi connectivity index (χ4n) is 2.07. The molecule has 4 nitrogen and oxygen atoms in total. The molecule has 0 amide bonds. The normalized spacial score (nSPS) is 11.4. The fraction of sp³-hybridized carbons (Fsp3) is 0. The molecule has 3 aromatic rings. The Kier molecular flexibility index (Phi) is 3.27. The third-order valence-electron chi connectivity index (χ3n) is 3.05. The third-order valence-corrected chi connectivity index (χ3v) is 4.31. The van der Waals surface area contributed by atoms with Gasteiger partial charge in [-0.25, -0.2) is 0 Å². The number of aromatic hydroxyl groups is 1. The number of phenols is 1. The summed E-state index contributed by atoms with van der Waals surface area (Å²) in [5.74, 6) is 0.0569. The van der Waals surface area contributed by atoms with E-state index in [4.69, 9.17) is 4.18 Å². The molecule has 106 valence electrons. The largest absolute Gasteiger partial charge is 0.507 e. The van der Waals surface area contributed by atoms with Gasteiger partial charge in [-0.2, -0.15) is 8.42 Å². The molecule has 0 saturated heterocycles. The fourth-order valence-corrected chi connectivity index (χ4v) is 3.01. The van der Waals surface area contributed by atoms with Crippen LogP contribution in [0.25, 0.3) is 10.8 Å². The van der Waals surface area contributed by atoms with Crippen LogP contribution in [0.4, 0.5) is 0 Å². The van der Waals surface area contributed by atoms with Gasteiger partial charge in [0.2, 0.25) is 0 Å². The van der Waals surface area contributed by atoms with E-state index < -0.39 is 10.1 Å². The summed E-state index contributed by atoms with van der Waals surface area (Å²) in [6, 6.07) is 17.9. The van der Waals surface area contributed by atoms with E-state index in [2.05, 4.69) is 0 Å². The van der Waals surface area contributed by atoms with E-state index in [-0.39, 0.29) is 16.4 Å². The first kappa shape index (κ1) is 13.5. The minimum atomic E-state index is -3.91. The minimum Gasteiger partial charge on any atom is -0.507 e. The van der Waals surface area contributed by atoms with Crippen molar-refractivity contribution in [3.63, 3.8) is 0 Å². The van der Waals surface area contributed by atoms with Gasteiger partial charge < -0.3 is 9.29 Å². The van der Waals surface area contributed by atoms with E-state index in [0.717, 1.165) is 0 Å². The molecule has 0 aromatic heterocycles. The van der Waals surface area contributed by atoms with Crippen LogP contribution in [0.5, 0.6) is 11.5 Å². The van der Waals surface area contributed by atoms with Crippen molar-refractivity contribution in [2.24, 2.45) is 0 Å². The molecule has 0 spiro atoms. The van der Waals surface area contributed by atoms with Crippen molar-refractivity contribution >= 4 is 20.9 Å². The van der Waals surface area contributed by atoms with E-state index in [9.17, 15) is 13.5 Å². The van der Waals surface area contributed by atoms with E-state index in [1.54, 1.807) is 48.5 Å². The van der Waals surface area contributed by atoms with Gasteiger partial charge >= 0.3 is 10.1 Å².